The zero-order chi connectivity index (χ0) is 11.5. The van der Waals surface area contributed by atoms with Crippen LogP contribution in [0.3, 0.4) is 0 Å². The van der Waals surface area contributed by atoms with E-state index in [0.29, 0.717) is 5.25 Å². The highest BCUT2D eigenvalue weighted by atomic mass is 79.9. The fraction of sp³-hybridized carbons (Fsp3) is 0.250. The maximum atomic E-state index is 4.40. The summed E-state index contributed by atoms with van der Waals surface area (Å²) in [5.41, 5.74) is 1.18. The molecule has 0 bridgehead atoms. The van der Waals surface area contributed by atoms with Crippen molar-refractivity contribution in [2.75, 3.05) is 0 Å². The first-order valence-electron chi connectivity index (χ1n) is 5.03. The predicted molar refractivity (Wildman–Crippen MR) is 76.2 cm³/mol. The van der Waals surface area contributed by atoms with Gasteiger partial charge in [0.05, 0.1) is 0 Å². The minimum atomic E-state index is 0.625. The van der Waals surface area contributed by atoms with Crippen molar-refractivity contribution in [2.24, 2.45) is 0 Å². The Morgan fingerprint density at radius 3 is 2.44 bits per heavy atom. The van der Waals surface area contributed by atoms with Gasteiger partial charge in [-0.25, -0.2) is 4.98 Å². The molecule has 0 spiro atoms. The molecule has 16 heavy (non-hydrogen) atoms. The van der Waals surface area contributed by atoms with Crippen molar-refractivity contribution in [3.05, 3.63) is 34.2 Å². The normalized spacial score (nSPS) is 11.0. The lowest BCUT2D eigenvalue weighted by Crippen LogP contribution is -1.85. The Morgan fingerprint density at radius 2 is 1.94 bits per heavy atom. The van der Waals surface area contributed by atoms with Gasteiger partial charge in [0.25, 0.3) is 0 Å². The Balaban J connectivity index is 2.19. The fourth-order valence-corrected chi connectivity index (χ4v) is 3.43. The molecule has 0 fully saturated rings. The van der Waals surface area contributed by atoms with Gasteiger partial charge >= 0.3 is 0 Å². The number of hydrogen-bond acceptors (Lipinski definition) is 3. The second-order valence-corrected chi connectivity index (χ2v) is 6.99. The van der Waals surface area contributed by atoms with E-state index in [4.69, 9.17) is 0 Å². The van der Waals surface area contributed by atoms with Crippen LogP contribution in [-0.4, -0.2) is 10.2 Å². The zero-order valence-corrected chi connectivity index (χ0v) is 12.3. The molecule has 84 valence electrons. The van der Waals surface area contributed by atoms with E-state index in [9.17, 15) is 0 Å². The predicted octanol–water partition coefficient (Wildman–Crippen LogP) is 5.07. The summed E-state index contributed by atoms with van der Waals surface area (Å²) in [6.07, 6.45) is 0. The molecule has 4 heteroatoms. The van der Waals surface area contributed by atoms with Gasteiger partial charge in [0.1, 0.15) is 9.61 Å². The van der Waals surface area contributed by atoms with Crippen molar-refractivity contribution in [3.8, 4) is 10.6 Å². The number of hydrogen-bond donors (Lipinski definition) is 0. The smallest absolute Gasteiger partial charge is 0.124 e. The van der Waals surface area contributed by atoms with Crippen molar-refractivity contribution in [2.45, 2.75) is 24.0 Å². The van der Waals surface area contributed by atoms with Crippen molar-refractivity contribution in [3.63, 3.8) is 0 Å². The minimum Gasteiger partial charge on any atom is -0.229 e. The maximum Gasteiger partial charge on any atom is 0.124 e. The van der Waals surface area contributed by atoms with Crippen LogP contribution in [0, 0.1) is 0 Å². The summed E-state index contributed by atoms with van der Waals surface area (Å²) in [6, 6.07) is 8.59. The van der Waals surface area contributed by atoms with Gasteiger partial charge in [0.15, 0.2) is 0 Å². The number of nitrogens with zero attached hydrogens (tertiary/aromatic N) is 1. The Morgan fingerprint density at radius 1 is 1.25 bits per heavy atom. The largest absolute Gasteiger partial charge is 0.229 e. The third-order valence-electron chi connectivity index (χ3n) is 1.95. The number of halogens is 1. The molecule has 0 radical (unpaired) electrons. The lowest BCUT2D eigenvalue weighted by atomic mass is 10.2. The molecule has 1 nitrogen and oxygen atoms in total. The van der Waals surface area contributed by atoms with Crippen LogP contribution in [0.5, 0.6) is 0 Å². The van der Waals surface area contributed by atoms with E-state index in [2.05, 4.69) is 59.0 Å². The van der Waals surface area contributed by atoms with Gasteiger partial charge < -0.3 is 0 Å². The zero-order valence-electron chi connectivity index (χ0n) is 9.11. The summed E-state index contributed by atoms with van der Waals surface area (Å²) in [5.74, 6) is 0. The molecule has 0 unspecified atom stereocenters. The third-order valence-corrected chi connectivity index (χ3v) is 4.57. The quantitative estimate of drug-likeness (QED) is 0.733. The van der Waals surface area contributed by atoms with Crippen LogP contribution >= 0.6 is 39.0 Å². The van der Waals surface area contributed by atoms with Gasteiger partial charge in [-0.3, -0.25) is 0 Å². The molecular weight excluding hydrogens is 302 g/mol. The van der Waals surface area contributed by atoms with Crippen molar-refractivity contribution in [1.82, 2.24) is 4.98 Å². The Kier molecular flexibility index (Phi) is 4.05. The molecule has 0 aliphatic heterocycles. The lowest BCUT2D eigenvalue weighted by Gasteiger charge is -2.04. The van der Waals surface area contributed by atoms with E-state index in [-0.39, 0.29) is 0 Å². The highest BCUT2D eigenvalue weighted by Crippen LogP contribution is 2.29. The van der Waals surface area contributed by atoms with Gasteiger partial charge in [0.2, 0.25) is 0 Å². The van der Waals surface area contributed by atoms with E-state index in [1.807, 2.05) is 17.1 Å². The molecule has 0 saturated carbocycles. The van der Waals surface area contributed by atoms with Crippen LogP contribution in [0.15, 0.2) is 39.1 Å². The highest BCUT2D eigenvalue weighted by Gasteiger charge is 2.03. The van der Waals surface area contributed by atoms with Crippen LogP contribution in [-0.2, 0) is 0 Å². The molecule has 0 aliphatic rings. The van der Waals surface area contributed by atoms with Crippen molar-refractivity contribution in [1.29, 1.82) is 0 Å². The third kappa shape index (κ3) is 3.09. The molecule has 0 saturated heterocycles. The molecule has 2 rings (SSSR count). The average Bonchev–Trinajstić information content (AvgIpc) is 2.65. The molecule has 0 aliphatic carbocycles. The number of thioether (sulfide) groups is 1. The van der Waals surface area contributed by atoms with Crippen LogP contribution in [0.1, 0.15) is 13.8 Å². The monoisotopic (exact) mass is 313 g/mol. The topological polar surface area (TPSA) is 12.9 Å². The number of rotatable bonds is 3. The molecule has 1 aromatic heterocycles. The van der Waals surface area contributed by atoms with E-state index in [1.165, 1.54) is 10.5 Å². The molecule has 1 aromatic carbocycles. The van der Waals surface area contributed by atoms with Gasteiger partial charge in [-0.05, 0) is 28.1 Å². The van der Waals surface area contributed by atoms with Crippen molar-refractivity contribution < 1.29 is 0 Å². The standard InChI is InChI=1S/C12H12BrNS2/c1-8(2)16-10-5-3-9(4-6-10)12-14-11(13)7-15-12/h3-8H,1-2H3. The first-order valence-corrected chi connectivity index (χ1v) is 7.58. The maximum absolute atomic E-state index is 4.40. The van der Waals surface area contributed by atoms with E-state index in [1.54, 1.807) is 11.3 Å². The van der Waals surface area contributed by atoms with Crippen LogP contribution in [0.4, 0.5) is 0 Å². The van der Waals surface area contributed by atoms with Gasteiger partial charge in [-0.15, -0.1) is 23.1 Å². The van der Waals surface area contributed by atoms with Gasteiger partial charge in [-0.1, -0.05) is 26.0 Å². The summed E-state index contributed by atoms with van der Waals surface area (Å²) in [4.78, 5) is 5.71. The summed E-state index contributed by atoms with van der Waals surface area (Å²) in [6.45, 7) is 4.41. The average molecular weight is 314 g/mol. The van der Waals surface area contributed by atoms with Gasteiger partial charge in [-0.2, -0.15) is 0 Å². The summed E-state index contributed by atoms with van der Waals surface area (Å²) >= 11 is 6.91. The van der Waals surface area contributed by atoms with Crippen LogP contribution in [0.2, 0.25) is 0 Å². The molecule has 0 amide bonds. The summed E-state index contributed by atoms with van der Waals surface area (Å²) in [5, 5.41) is 3.69. The lowest BCUT2D eigenvalue weighted by molar-refractivity contribution is 1.11. The number of thiazole rings is 1. The molecule has 2 aromatic rings. The Bertz CT molecular complexity index is 462. The minimum absolute atomic E-state index is 0.625. The molecular formula is C12H12BrNS2. The summed E-state index contributed by atoms with van der Waals surface area (Å²) in [7, 11) is 0. The SMILES string of the molecule is CC(C)Sc1ccc(-c2nc(Br)cs2)cc1. The van der Waals surface area contributed by atoms with E-state index >= 15 is 0 Å². The van der Waals surface area contributed by atoms with E-state index in [0.717, 1.165) is 9.61 Å². The molecule has 1 heterocycles. The first kappa shape index (κ1) is 12.1. The summed E-state index contributed by atoms with van der Waals surface area (Å²) < 4.78 is 0.910. The Labute approximate surface area is 112 Å². The molecule has 0 atom stereocenters. The van der Waals surface area contributed by atoms with Crippen LogP contribution in [0.25, 0.3) is 10.6 Å². The van der Waals surface area contributed by atoms with Crippen LogP contribution < -0.4 is 0 Å². The highest BCUT2D eigenvalue weighted by molar-refractivity contribution is 9.10. The van der Waals surface area contributed by atoms with Crippen molar-refractivity contribution >= 4 is 39.0 Å². The van der Waals surface area contributed by atoms with E-state index < -0.39 is 0 Å². The first-order chi connectivity index (χ1) is 7.65. The van der Waals surface area contributed by atoms with Gasteiger partial charge in [0, 0.05) is 21.1 Å². The number of aromatic nitrogens is 1. The second-order valence-electron chi connectivity index (χ2n) is 3.67. The second kappa shape index (κ2) is 5.34. The Hall–Kier alpha value is -0.320. The number of benzene rings is 1. The fourth-order valence-electron chi connectivity index (χ4n) is 1.33. The molecule has 0 N–H and O–H groups in total.